The Labute approximate surface area is 72.7 Å². The zero-order valence-corrected chi connectivity index (χ0v) is 9.15. The van der Waals surface area contributed by atoms with Crippen LogP contribution in [0.1, 0.15) is 6.92 Å². The first-order valence-electron chi connectivity index (χ1n) is 2.12. The molecule has 1 atom stereocenters. The van der Waals surface area contributed by atoms with Crippen LogP contribution in [0.3, 0.4) is 0 Å². The molecular formula is C3H6BrCl3Si. The van der Waals surface area contributed by atoms with Crippen molar-refractivity contribution in [3.8, 4) is 0 Å². The number of hydrogen-bond donors (Lipinski definition) is 0. The van der Waals surface area contributed by atoms with Gasteiger partial charge in [-0.25, -0.2) is 0 Å². The van der Waals surface area contributed by atoms with E-state index in [0.717, 1.165) is 0 Å². The number of halogens is 4. The maximum Gasteiger partial charge on any atom is 0.342 e. The van der Waals surface area contributed by atoms with Crippen LogP contribution >= 0.6 is 49.2 Å². The van der Waals surface area contributed by atoms with Crippen LogP contribution in [0.15, 0.2) is 0 Å². The summed E-state index contributed by atoms with van der Waals surface area (Å²) < 4.78 is 0. The summed E-state index contributed by atoms with van der Waals surface area (Å²) in [4.78, 5) is 0.321. The van der Waals surface area contributed by atoms with Gasteiger partial charge in [-0.05, 0) is 6.04 Å². The molecule has 0 aromatic carbocycles. The molecule has 5 heteroatoms. The standard InChI is InChI=1S/C3H6BrCl3Si/c1-3(4)2-8(5,6)7/h3H,2H2,1H3. The van der Waals surface area contributed by atoms with Gasteiger partial charge in [-0.1, -0.05) is 22.9 Å². The second-order valence-electron chi connectivity index (χ2n) is 1.60. The summed E-state index contributed by atoms with van der Waals surface area (Å²) in [6.07, 6.45) is 0. The molecule has 0 fully saturated rings. The first-order chi connectivity index (χ1) is 3.42. The zero-order valence-electron chi connectivity index (χ0n) is 4.30. The third-order valence-corrected chi connectivity index (χ3v) is 3.90. The van der Waals surface area contributed by atoms with Crippen LogP contribution in [0, 0.1) is 0 Å². The predicted molar refractivity (Wildman–Crippen MR) is 46.5 cm³/mol. The fourth-order valence-corrected chi connectivity index (χ4v) is 6.17. The lowest BCUT2D eigenvalue weighted by Crippen LogP contribution is -2.13. The lowest BCUT2D eigenvalue weighted by molar-refractivity contribution is 1.12. The second kappa shape index (κ2) is 3.67. The normalized spacial score (nSPS) is 16.1. The van der Waals surface area contributed by atoms with E-state index in [1.165, 1.54) is 0 Å². The third kappa shape index (κ3) is 7.57. The average molecular weight is 256 g/mol. The van der Waals surface area contributed by atoms with E-state index < -0.39 is 6.00 Å². The quantitative estimate of drug-likeness (QED) is 0.403. The van der Waals surface area contributed by atoms with E-state index in [4.69, 9.17) is 33.2 Å². The molecule has 0 bridgehead atoms. The molecule has 0 N–H and O–H groups in total. The van der Waals surface area contributed by atoms with E-state index in [0.29, 0.717) is 10.9 Å². The molecule has 0 spiro atoms. The minimum absolute atomic E-state index is 0.321. The molecular weight excluding hydrogens is 250 g/mol. The molecule has 0 aromatic rings. The first kappa shape index (κ1) is 9.57. The summed E-state index contributed by atoms with van der Waals surface area (Å²) in [6, 6.07) is -1.67. The Morgan fingerprint density at radius 2 is 1.88 bits per heavy atom. The second-order valence-corrected chi connectivity index (χ2v) is 12.4. The molecule has 0 saturated carbocycles. The molecule has 0 amide bonds. The van der Waals surface area contributed by atoms with Gasteiger partial charge in [0.15, 0.2) is 0 Å². The van der Waals surface area contributed by atoms with Gasteiger partial charge >= 0.3 is 6.00 Å². The minimum Gasteiger partial charge on any atom is -0.126 e. The fourth-order valence-electron chi connectivity index (χ4n) is 0.319. The van der Waals surface area contributed by atoms with Crippen LogP contribution in [0.5, 0.6) is 0 Å². The Bertz CT molecular complexity index is 69.4. The largest absolute Gasteiger partial charge is 0.342 e. The highest BCUT2D eigenvalue weighted by Crippen LogP contribution is 2.28. The Morgan fingerprint density at radius 3 is 1.88 bits per heavy atom. The highest BCUT2D eigenvalue weighted by Gasteiger charge is 2.26. The van der Waals surface area contributed by atoms with E-state index in [9.17, 15) is 0 Å². The van der Waals surface area contributed by atoms with Crippen LogP contribution in [0.4, 0.5) is 0 Å². The van der Waals surface area contributed by atoms with Gasteiger partial charge in [0.1, 0.15) is 0 Å². The molecule has 0 aliphatic carbocycles. The molecule has 8 heavy (non-hydrogen) atoms. The van der Waals surface area contributed by atoms with Crippen molar-refractivity contribution in [3.05, 3.63) is 0 Å². The van der Waals surface area contributed by atoms with Crippen LogP contribution in [0.2, 0.25) is 6.04 Å². The van der Waals surface area contributed by atoms with Gasteiger partial charge in [0.25, 0.3) is 0 Å². The van der Waals surface area contributed by atoms with E-state index in [-0.39, 0.29) is 0 Å². The maximum absolute atomic E-state index is 5.57. The van der Waals surface area contributed by atoms with Gasteiger partial charge in [0.05, 0.1) is 0 Å². The van der Waals surface area contributed by atoms with Gasteiger partial charge in [0, 0.05) is 4.83 Å². The Hall–Kier alpha value is 1.57. The van der Waals surface area contributed by atoms with Crippen LogP contribution in [0.25, 0.3) is 0 Å². The van der Waals surface area contributed by atoms with Crippen molar-refractivity contribution in [2.45, 2.75) is 17.8 Å². The average Bonchev–Trinajstić information content (AvgIpc) is 1.21. The van der Waals surface area contributed by atoms with Crippen molar-refractivity contribution in [2.75, 3.05) is 0 Å². The third-order valence-electron chi connectivity index (χ3n) is 0.513. The van der Waals surface area contributed by atoms with Crippen LogP contribution in [-0.4, -0.2) is 10.8 Å². The van der Waals surface area contributed by atoms with Crippen molar-refractivity contribution >= 4 is 55.2 Å². The summed E-state index contributed by atoms with van der Waals surface area (Å²) in [5, 5.41) is 0. The highest BCUT2D eigenvalue weighted by molar-refractivity contribution is 9.09. The molecule has 50 valence electrons. The molecule has 1 unspecified atom stereocenters. The van der Waals surface area contributed by atoms with Gasteiger partial charge in [-0.2, -0.15) is 0 Å². The van der Waals surface area contributed by atoms with Crippen molar-refractivity contribution in [2.24, 2.45) is 0 Å². The maximum atomic E-state index is 5.57. The smallest absolute Gasteiger partial charge is 0.126 e. The Morgan fingerprint density at radius 1 is 1.50 bits per heavy atom. The highest BCUT2D eigenvalue weighted by atomic mass is 79.9. The summed E-state index contributed by atoms with van der Waals surface area (Å²) in [5.74, 6) is 0. The van der Waals surface area contributed by atoms with Gasteiger partial charge < -0.3 is 0 Å². The lowest BCUT2D eigenvalue weighted by Gasteiger charge is -2.07. The van der Waals surface area contributed by atoms with Crippen LogP contribution in [-0.2, 0) is 0 Å². The first-order valence-corrected chi connectivity index (χ1v) is 8.28. The van der Waals surface area contributed by atoms with Crippen molar-refractivity contribution in [1.29, 1.82) is 0 Å². The fraction of sp³-hybridized carbons (Fsp3) is 1.00. The van der Waals surface area contributed by atoms with Crippen LogP contribution < -0.4 is 0 Å². The van der Waals surface area contributed by atoms with Gasteiger partial charge in [0.2, 0.25) is 0 Å². The summed E-state index contributed by atoms with van der Waals surface area (Å²) in [6.45, 7) is 1.97. The summed E-state index contributed by atoms with van der Waals surface area (Å²) in [5.41, 5.74) is 0. The van der Waals surface area contributed by atoms with E-state index in [1.807, 2.05) is 6.92 Å². The van der Waals surface area contributed by atoms with E-state index in [1.54, 1.807) is 0 Å². The summed E-state index contributed by atoms with van der Waals surface area (Å²) in [7, 11) is 0. The van der Waals surface area contributed by atoms with Gasteiger partial charge in [-0.15, -0.1) is 33.2 Å². The zero-order chi connectivity index (χ0) is 6.78. The number of alkyl halides is 1. The van der Waals surface area contributed by atoms with E-state index in [2.05, 4.69) is 15.9 Å². The van der Waals surface area contributed by atoms with Gasteiger partial charge in [-0.3, -0.25) is 0 Å². The van der Waals surface area contributed by atoms with Crippen molar-refractivity contribution in [1.82, 2.24) is 0 Å². The topological polar surface area (TPSA) is 0 Å². The minimum atomic E-state index is -2.35. The van der Waals surface area contributed by atoms with E-state index >= 15 is 0 Å². The van der Waals surface area contributed by atoms with Crippen molar-refractivity contribution < 1.29 is 0 Å². The monoisotopic (exact) mass is 254 g/mol. The van der Waals surface area contributed by atoms with Crippen molar-refractivity contribution in [3.63, 3.8) is 0 Å². The molecule has 0 radical (unpaired) electrons. The molecule has 0 aliphatic rings. The molecule has 0 aromatic heterocycles. The Balaban J connectivity index is 3.39. The molecule has 0 rings (SSSR count). The SMILES string of the molecule is CC(Br)C[Si](Cl)(Cl)Cl. The number of rotatable bonds is 2. The molecule has 0 nitrogen and oxygen atoms in total. The summed E-state index contributed by atoms with van der Waals surface area (Å²) >= 11 is 20.0. The molecule has 0 aliphatic heterocycles. The molecule has 0 saturated heterocycles. The Kier molecular flexibility index (Phi) is 4.38. The number of hydrogen-bond acceptors (Lipinski definition) is 0. The lowest BCUT2D eigenvalue weighted by atomic mass is 10.6. The molecule has 0 heterocycles. The predicted octanol–water partition coefficient (Wildman–Crippen LogP) is 3.43.